The van der Waals surface area contributed by atoms with Crippen molar-refractivity contribution >= 4 is 50.8 Å². The molecule has 208 valence electrons. The lowest BCUT2D eigenvalue weighted by Gasteiger charge is -2.29. The first-order chi connectivity index (χ1) is 18.3. The summed E-state index contributed by atoms with van der Waals surface area (Å²) in [5.74, 6) is 0.487. The molecule has 1 amide bonds. The maximum Gasteiger partial charge on any atom is 0.416 e. The molecule has 3 aromatic rings. The highest BCUT2D eigenvalue weighted by atomic mass is 127. The zero-order valence-electron chi connectivity index (χ0n) is 21.7. The van der Waals surface area contributed by atoms with Gasteiger partial charge in [0.2, 0.25) is 5.91 Å². The lowest BCUT2D eigenvalue weighted by atomic mass is 9.88. The van der Waals surface area contributed by atoms with Gasteiger partial charge >= 0.3 is 6.18 Å². The van der Waals surface area contributed by atoms with E-state index in [0.717, 1.165) is 36.1 Å². The third kappa shape index (κ3) is 5.20. The molecule has 3 atom stereocenters. The molecule has 8 nitrogen and oxygen atoms in total. The second kappa shape index (κ2) is 9.95. The topological polar surface area (TPSA) is 113 Å². The van der Waals surface area contributed by atoms with Crippen LogP contribution in [0.15, 0.2) is 35.1 Å². The van der Waals surface area contributed by atoms with Crippen molar-refractivity contribution in [3.63, 3.8) is 0 Å². The fourth-order valence-electron chi connectivity index (χ4n) is 5.40. The first-order valence-corrected chi connectivity index (χ1v) is 13.8. The van der Waals surface area contributed by atoms with Gasteiger partial charge in [-0.2, -0.15) is 18.3 Å². The van der Waals surface area contributed by atoms with E-state index >= 15 is 0 Å². The Kier molecular flexibility index (Phi) is 7.06. The summed E-state index contributed by atoms with van der Waals surface area (Å²) < 4.78 is 46.3. The van der Waals surface area contributed by atoms with Crippen LogP contribution in [0.25, 0.3) is 10.8 Å². The number of nitrogens with one attached hydrogen (secondary N) is 2. The molecule has 12 heteroatoms. The SMILES string of the molecule is COC1(c2cc(C3CC3)c3c(=O)[nH]nc(N[C@H](C)c4cc(N)cc(C(F)(F)F)c4)c3c2)C[C@@H](I)N(C(C)=O)C1. The van der Waals surface area contributed by atoms with Gasteiger partial charge in [-0.1, -0.05) is 28.7 Å². The van der Waals surface area contributed by atoms with Crippen LogP contribution in [0.2, 0.25) is 0 Å². The summed E-state index contributed by atoms with van der Waals surface area (Å²) in [6, 6.07) is 6.69. The molecule has 1 unspecified atom stereocenters. The summed E-state index contributed by atoms with van der Waals surface area (Å²) in [4.78, 5) is 27.1. The van der Waals surface area contributed by atoms with Gasteiger partial charge in [0.05, 0.1) is 27.6 Å². The van der Waals surface area contributed by atoms with Crippen molar-refractivity contribution in [3.8, 4) is 0 Å². The Bertz CT molecular complexity index is 1510. The molecular formula is C27H29F3IN5O3. The summed E-state index contributed by atoms with van der Waals surface area (Å²) in [5, 5.41) is 11.0. The number of hydrogen-bond acceptors (Lipinski definition) is 6. The number of hydrogen-bond donors (Lipinski definition) is 3. The monoisotopic (exact) mass is 655 g/mol. The standard InChI is InChI=1S/C27H29F3IN5O3/c1-13(16-6-18(27(28,29)30)8-19(32)7-16)33-24-21-10-17(26(39-3)11-22(31)36(12-26)14(2)37)9-20(15-4-5-15)23(21)25(38)35-34-24/h6-10,13,15,22H,4-5,11-12,32H2,1-3H3,(H,33,34)(H,35,38)/t13-,22+,26?/m1/s1. The Balaban J connectivity index is 1.62. The molecule has 4 N–H and O–H groups in total. The third-order valence-electron chi connectivity index (χ3n) is 7.68. The van der Waals surface area contributed by atoms with Crippen LogP contribution in [0.1, 0.15) is 67.3 Å². The predicted octanol–water partition coefficient (Wildman–Crippen LogP) is 5.43. The molecular weight excluding hydrogens is 626 g/mol. The van der Waals surface area contributed by atoms with Crippen LogP contribution in [-0.4, -0.2) is 38.7 Å². The maximum atomic E-state index is 13.4. The quantitative estimate of drug-likeness (QED) is 0.141. The highest BCUT2D eigenvalue weighted by Crippen LogP contribution is 2.48. The molecule has 1 saturated carbocycles. The number of fused-ring (bicyclic) bond motifs is 1. The molecule has 1 aromatic heterocycles. The van der Waals surface area contributed by atoms with E-state index in [4.69, 9.17) is 10.5 Å². The Morgan fingerprint density at radius 2 is 2.00 bits per heavy atom. The van der Waals surface area contributed by atoms with E-state index in [0.29, 0.717) is 35.1 Å². The van der Waals surface area contributed by atoms with Crippen molar-refractivity contribution in [3.05, 3.63) is 62.9 Å². The molecule has 1 saturated heterocycles. The van der Waals surface area contributed by atoms with Crippen LogP contribution < -0.4 is 16.6 Å². The highest BCUT2D eigenvalue weighted by molar-refractivity contribution is 14.1. The minimum Gasteiger partial charge on any atom is -0.399 e. The second-order valence-corrected chi connectivity index (χ2v) is 11.8. The smallest absolute Gasteiger partial charge is 0.399 e. The van der Waals surface area contributed by atoms with Gasteiger partial charge < -0.3 is 20.7 Å². The number of methoxy groups -OCH3 is 1. The van der Waals surface area contributed by atoms with Gasteiger partial charge in [0.1, 0.15) is 5.60 Å². The molecule has 2 aromatic carbocycles. The number of nitrogen functional groups attached to an aromatic ring is 1. The Morgan fingerprint density at radius 3 is 2.59 bits per heavy atom. The van der Waals surface area contributed by atoms with Crippen LogP contribution in [0.4, 0.5) is 24.7 Å². The average Bonchev–Trinajstić information content (AvgIpc) is 3.66. The summed E-state index contributed by atoms with van der Waals surface area (Å²) >= 11 is 2.24. The molecule has 39 heavy (non-hydrogen) atoms. The van der Waals surface area contributed by atoms with Gasteiger partial charge in [-0.05, 0) is 66.6 Å². The zero-order valence-corrected chi connectivity index (χ0v) is 23.8. The second-order valence-electron chi connectivity index (χ2n) is 10.4. The lowest BCUT2D eigenvalue weighted by Crippen LogP contribution is -2.35. The van der Waals surface area contributed by atoms with Crippen LogP contribution in [0.5, 0.6) is 0 Å². The number of amides is 1. The predicted molar refractivity (Wildman–Crippen MR) is 151 cm³/mol. The van der Waals surface area contributed by atoms with Crippen molar-refractivity contribution in [2.24, 2.45) is 0 Å². The minimum atomic E-state index is -4.54. The van der Waals surface area contributed by atoms with Gasteiger partial charge in [-0.15, -0.1) is 0 Å². The van der Waals surface area contributed by atoms with Crippen molar-refractivity contribution in [2.45, 2.75) is 60.9 Å². The summed E-state index contributed by atoms with van der Waals surface area (Å²) in [6.07, 6.45) is -2.09. The molecule has 0 bridgehead atoms. The summed E-state index contributed by atoms with van der Waals surface area (Å²) in [5.41, 5.74) is 5.87. The molecule has 0 radical (unpaired) electrons. The van der Waals surface area contributed by atoms with E-state index in [1.807, 2.05) is 12.1 Å². The van der Waals surface area contributed by atoms with Gasteiger partial charge in [-0.25, -0.2) is 5.10 Å². The number of aromatic nitrogens is 2. The number of carbonyl (C=O) groups is 1. The van der Waals surface area contributed by atoms with Crippen molar-refractivity contribution in [2.75, 3.05) is 24.7 Å². The van der Waals surface area contributed by atoms with E-state index < -0.39 is 23.4 Å². The number of anilines is 2. The van der Waals surface area contributed by atoms with E-state index in [1.54, 1.807) is 18.9 Å². The molecule has 5 rings (SSSR count). The normalized spacial score (nSPS) is 22.3. The van der Waals surface area contributed by atoms with E-state index in [-0.39, 0.29) is 27.1 Å². The highest BCUT2D eigenvalue weighted by Gasteiger charge is 2.46. The number of likely N-dealkylation sites (tertiary alicyclic amines) is 1. The number of benzene rings is 2. The van der Waals surface area contributed by atoms with Crippen LogP contribution in [-0.2, 0) is 21.3 Å². The molecule has 2 fully saturated rings. The van der Waals surface area contributed by atoms with Crippen LogP contribution in [0, 0.1) is 0 Å². The van der Waals surface area contributed by atoms with Crippen molar-refractivity contribution in [1.82, 2.24) is 15.1 Å². The van der Waals surface area contributed by atoms with Gasteiger partial charge in [-0.3, -0.25) is 9.59 Å². The number of ether oxygens (including phenoxy) is 1. The van der Waals surface area contributed by atoms with Gasteiger partial charge in [0.15, 0.2) is 5.82 Å². The maximum absolute atomic E-state index is 13.4. The Morgan fingerprint density at radius 1 is 1.28 bits per heavy atom. The van der Waals surface area contributed by atoms with Crippen LogP contribution in [0.3, 0.4) is 0 Å². The summed E-state index contributed by atoms with van der Waals surface area (Å²) in [6.45, 7) is 3.60. The molecule has 0 spiro atoms. The number of nitrogens with zero attached hydrogens (tertiary/aromatic N) is 2. The Labute approximate surface area is 236 Å². The van der Waals surface area contributed by atoms with Gasteiger partial charge in [0, 0.05) is 31.5 Å². The number of carbonyl (C=O) groups excluding carboxylic acids is 1. The first-order valence-electron chi connectivity index (χ1n) is 12.6. The average molecular weight is 655 g/mol. The zero-order chi connectivity index (χ0) is 28.3. The summed E-state index contributed by atoms with van der Waals surface area (Å²) in [7, 11) is 1.61. The molecule has 1 aliphatic carbocycles. The van der Waals surface area contributed by atoms with Crippen molar-refractivity contribution < 1.29 is 22.7 Å². The van der Waals surface area contributed by atoms with E-state index in [9.17, 15) is 22.8 Å². The Hall–Kier alpha value is -2.87. The molecule has 1 aliphatic heterocycles. The fraction of sp³-hybridized carbons (Fsp3) is 0.444. The third-order valence-corrected chi connectivity index (χ3v) is 8.79. The van der Waals surface area contributed by atoms with E-state index in [2.05, 4.69) is 38.1 Å². The molecule has 2 heterocycles. The van der Waals surface area contributed by atoms with Crippen LogP contribution >= 0.6 is 22.6 Å². The van der Waals surface area contributed by atoms with E-state index in [1.165, 1.54) is 13.0 Å². The van der Waals surface area contributed by atoms with Gasteiger partial charge in [0.25, 0.3) is 5.56 Å². The molecule has 2 aliphatic rings. The number of alkyl halides is 4. The number of rotatable bonds is 6. The first kappa shape index (κ1) is 27.7. The number of H-pyrrole nitrogens is 1. The number of aromatic amines is 1. The number of nitrogens with two attached hydrogens (primary N) is 1. The minimum absolute atomic E-state index is 0.00212. The largest absolute Gasteiger partial charge is 0.416 e. The fourth-order valence-corrected chi connectivity index (χ4v) is 6.70. The van der Waals surface area contributed by atoms with Crippen molar-refractivity contribution in [1.29, 1.82) is 0 Å². The lowest BCUT2D eigenvalue weighted by molar-refractivity contribution is -0.137. The number of halogens is 4.